The Morgan fingerprint density at radius 3 is 2.54 bits per heavy atom. The molecule has 5 rings (SSSR count). The Labute approximate surface area is 233 Å². The smallest absolute Gasteiger partial charge is 0.226 e. The van der Waals surface area contributed by atoms with E-state index in [0.717, 1.165) is 45.1 Å². The van der Waals surface area contributed by atoms with Crippen molar-refractivity contribution >= 4 is 28.9 Å². The predicted octanol–water partition coefficient (Wildman–Crippen LogP) is 6.25. The Bertz CT molecular complexity index is 1520. The first-order valence-corrected chi connectivity index (χ1v) is 13.4. The van der Waals surface area contributed by atoms with E-state index in [-0.39, 0.29) is 30.2 Å². The van der Waals surface area contributed by atoms with Gasteiger partial charge in [0.1, 0.15) is 5.82 Å². The van der Waals surface area contributed by atoms with Crippen LogP contribution < -0.4 is 10.6 Å². The fourth-order valence-electron chi connectivity index (χ4n) is 5.36. The third-order valence-electron chi connectivity index (χ3n) is 7.32. The molecular weight excluding hydrogens is 509 g/mol. The highest BCUT2D eigenvalue weighted by molar-refractivity contribution is 7.80. The topological polar surface area (TPSA) is 62.2 Å². The number of aromatic nitrogens is 2. The van der Waals surface area contributed by atoms with Crippen molar-refractivity contribution in [3.8, 4) is 5.69 Å². The van der Waals surface area contributed by atoms with Crippen LogP contribution in [0.4, 0.5) is 10.1 Å². The Balaban J connectivity index is 1.46. The maximum absolute atomic E-state index is 13.6. The van der Waals surface area contributed by atoms with E-state index in [2.05, 4.69) is 38.1 Å². The number of aryl methyl sites for hydroxylation is 3. The van der Waals surface area contributed by atoms with E-state index in [1.807, 2.05) is 57.2 Å². The van der Waals surface area contributed by atoms with Gasteiger partial charge in [0.25, 0.3) is 0 Å². The van der Waals surface area contributed by atoms with Crippen LogP contribution in [0.1, 0.15) is 52.3 Å². The molecule has 0 aliphatic carbocycles. The lowest BCUT2D eigenvalue weighted by atomic mass is 9.96. The number of anilines is 1. The van der Waals surface area contributed by atoms with Gasteiger partial charge in [0.15, 0.2) is 5.11 Å². The van der Waals surface area contributed by atoms with Gasteiger partial charge < -0.3 is 20.1 Å². The largest absolute Gasteiger partial charge is 0.352 e. The summed E-state index contributed by atoms with van der Waals surface area (Å²) in [6.07, 6.45) is 2.05. The second-order valence-corrected chi connectivity index (χ2v) is 10.5. The summed E-state index contributed by atoms with van der Waals surface area (Å²) in [5.74, 6) is -0.337. The van der Waals surface area contributed by atoms with E-state index in [4.69, 9.17) is 12.2 Å². The minimum absolute atomic E-state index is 0.0664. The van der Waals surface area contributed by atoms with Gasteiger partial charge in [0.2, 0.25) is 5.91 Å². The third-order valence-corrected chi connectivity index (χ3v) is 7.67. The molecule has 6 nitrogen and oxygen atoms in total. The summed E-state index contributed by atoms with van der Waals surface area (Å²) in [5.41, 5.74) is 7.84. The average Bonchev–Trinajstić information content (AvgIpc) is 3.40. The molecule has 8 heteroatoms. The number of hydrogen-bond acceptors (Lipinski definition) is 3. The molecule has 0 bridgehead atoms. The molecule has 200 valence electrons. The second kappa shape index (κ2) is 11.0. The molecular formula is C31H32FN5OS. The first-order valence-electron chi connectivity index (χ1n) is 13.0. The number of nitrogens with zero attached hydrogens (tertiary/aromatic N) is 3. The fourth-order valence-corrected chi connectivity index (χ4v) is 5.70. The lowest BCUT2D eigenvalue weighted by Crippen LogP contribution is -2.33. The number of benzene rings is 2. The standard InChI is InChI=1S/C31H32FN5OS/c1-19-8-9-20(2)27(17-19)34-28(38)14-16-36-30(29(35-31(36)39)26-7-5-6-15-33-26)25-18-21(3)37(22(25)4)24-12-10-23(32)11-13-24/h5-13,15,17-18,29-30H,14,16H2,1-4H3,(H,34,38)(H,35,39)/t29-,30-/m0/s1. The average molecular weight is 542 g/mol. The first kappa shape index (κ1) is 26.6. The number of halogens is 1. The van der Waals surface area contributed by atoms with Gasteiger partial charge in [-0.3, -0.25) is 9.78 Å². The summed E-state index contributed by atoms with van der Waals surface area (Å²) < 4.78 is 15.8. The fraction of sp³-hybridized carbons (Fsp3) is 0.258. The van der Waals surface area contributed by atoms with Gasteiger partial charge in [-0.1, -0.05) is 18.2 Å². The van der Waals surface area contributed by atoms with E-state index in [0.29, 0.717) is 11.7 Å². The van der Waals surface area contributed by atoms with Crippen LogP contribution in [0.25, 0.3) is 5.69 Å². The molecule has 1 fully saturated rings. The number of nitrogens with one attached hydrogen (secondary N) is 2. The van der Waals surface area contributed by atoms with Crippen LogP contribution in [0.2, 0.25) is 0 Å². The van der Waals surface area contributed by atoms with Gasteiger partial charge >= 0.3 is 0 Å². The van der Waals surface area contributed by atoms with Gasteiger partial charge in [-0.25, -0.2) is 4.39 Å². The molecule has 3 heterocycles. The van der Waals surface area contributed by atoms with Crippen molar-refractivity contribution in [1.29, 1.82) is 0 Å². The lowest BCUT2D eigenvalue weighted by molar-refractivity contribution is -0.116. The lowest BCUT2D eigenvalue weighted by Gasteiger charge is -2.28. The van der Waals surface area contributed by atoms with Crippen molar-refractivity contribution in [2.24, 2.45) is 0 Å². The molecule has 2 aromatic carbocycles. The molecule has 2 atom stereocenters. The third kappa shape index (κ3) is 5.43. The zero-order chi connectivity index (χ0) is 27.7. The van der Waals surface area contributed by atoms with Crippen molar-refractivity contribution in [3.63, 3.8) is 0 Å². The first-order chi connectivity index (χ1) is 18.7. The normalized spacial score (nSPS) is 16.8. The van der Waals surface area contributed by atoms with E-state index < -0.39 is 0 Å². The molecule has 1 amide bonds. The van der Waals surface area contributed by atoms with Crippen LogP contribution in [-0.4, -0.2) is 32.0 Å². The van der Waals surface area contributed by atoms with Crippen molar-refractivity contribution < 1.29 is 9.18 Å². The van der Waals surface area contributed by atoms with Crippen molar-refractivity contribution in [2.75, 3.05) is 11.9 Å². The van der Waals surface area contributed by atoms with Crippen molar-refractivity contribution in [3.05, 3.63) is 113 Å². The Morgan fingerprint density at radius 1 is 1.05 bits per heavy atom. The van der Waals surface area contributed by atoms with Gasteiger partial charge in [-0.2, -0.15) is 0 Å². The number of thiocarbonyl (C=S) groups is 1. The Morgan fingerprint density at radius 2 is 1.82 bits per heavy atom. The van der Waals surface area contributed by atoms with Crippen LogP contribution in [0, 0.1) is 33.5 Å². The Kier molecular flexibility index (Phi) is 7.48. The van der Waals surface area contributed by atoms with Crippen LogP contribution in [0.15, 0.2) is 72.9 Å². The van der Waals surface area contributed by atoms with Gasteiger partial charge in [-0.15, -0.1) is 0 Å². The van der Waals surface area contributed by atoms with E-state index in [1.165, 1.54) is 12.1 Å². The van der Waals surface area contributed by atoms with Crippen molar-refractivity contribution in [2.45, 2.75) is 46.2 Å². The van der Waals surface area contributed by atoms with Crippen LogP contribution in [-0.2, 0) is 4.79 Å². The molecule has 0 unspecified atom stereocenters. The molecule has 0 saturated carbocycles. The molecule has 1 aliphatic heterocycles. The molecule has 2 N–H and O–H groups in total. The molecule has 0 radical (unpaired) electrons. The number of amides is 1. The molecule has 1 saturated heterocycles. The summed E-state index contributed by atoms with van der Waals surface area (Å²) in [6, 6.07) is 20.2. The van der Waals surface area contributed by atoms with E-state index in [1.54, 1.807) is 18.3 Å². The number of carbonyl (C=O) groups is 1. The quantitative estimate of drug-likeness (QED) is 0.271. The molecule has 4 aromatic rings. The maximum atomic E-state index is 13.6. The predicted molar refractivity (Wildman–Crippen MR) is 157 cm³/mol. The SMILES string of the molecule is Cc1ccc(C)c(NC(=O)CCN2C(=S)N[C@@H](c3ccccn3)[C@@H]2c2cc(C)n(-c3ccc(F)cc3)c2C)c1. The van der Waals surface area contributed by atoms with E-state index in [9.17, 15) is 9.18 Å². The number of pyridine rings is 1. The minimum Gasteiger partial charge on any atom is -0.352 e. The summed E-state index contributed by atoms with van der Waals surface area (Å²) in [5, 5.41) is 7.11. The summed E-state index contributed by atoms with van der Waals surface area (Å²) in [6.45, 7) is 8.54. The molecule has 1 aliphatic rings. The monoisotopic (exact) mass is 541 g/mol. The highest BCUT2D eigenvalue weighted by Crippen LogP contribution is 2.41. The summed E-state index contributed by atoms with van der Waals surface area (Å²) in [7, 11) is 0. The number of carbonyl (C=O) groups excluding carboxylic acids is 1. The van der Waals surface area contributed by atoms with Crippen molar-refractivity contribution in [1.82, 2.24) is 19.8 Å². The summed E-state index contributed by atoms with van der Waals surface area (Å²) >= 11 is 5.81. The van der Waals surface area contributed by atoms with Crippen LogP contribution in [0.5, 0.6) is 0 Å². The van der Waals surface area contributed by atoms with Gasteiger partial charge in [-0.05, 0) is 105 Å². The van der Waals surface area contributed by atoms with E-state index >= 15 is 0 Å². The van der Waals surface area contributed by atoms with Gasteiger partial charge in [0, 0.05) is 41.9 Å². The Hall–Kier alpha value is -4.04. The number of rotatable bonds is 7. The van der Waals surface area contributed by atoms with Crippen LogP contribution in [0.3, 0.4) is 0 Å². The summed E-state index contributed by atoms with van der Waals surface area (Å²) in [4.78, 5) is 19.7. The molecule has 39 heavy (non-hydrogen) atoms. The zero-order valence-electron chi connectivity index (χ0n) is 22.5. The maximum Gasteiger partial charge on any atom is 0.226 e. The highest BCUT2D eigenvalue weighted by Gasteiger charge is 2.41. The molecule has 2 aromatic heterocycles. The highest BCUT2D eigenvalue weighted by atomic mass is 32.1. The second-order valence-electron chi connectivity index (χ2n) is 10.1. The van der Waals surface area contributed by atoms with Crippen LogP contribution >= 0.6 is 12.2 Å². The van der Waals surface area contributed by atoms with Gasteiger partial charge in [0.05, 0.1) is 17.8 Å². The minimum atomic E-state index is -0.271. The number of hydrogen-bond donors (Lipinski definition) is 2. The zero-order valence-corrected chi connectivity index (χ0v) is 23.3. The molecule has 0 spiro atoms.